The van der Waals surface area contributed by atoms with Crippen LogP contribution in [-0.4, -0.2) is 15.0 Å². The highest BCUT2D eigenvalue weighted by molar-refractivity contribution is 7.11. The molecule has 6 nitrogen and oxygen atoms in total. The molecule has 0 saturated heterocycles. The molecule has 0 bridgehead atoms. The third-order valence-electron chi connectivity index (χ3n) is 3.84. The normalized spacial score (nSPS) is 10.8. The molecule has 0 saturated carbocycles. The summed E-state index contributed by atoms with van der Waals surface area (Å²) in [5.41, 5.74) is 2.59. The minimum atomic E-state index is 0.561. The van der Waals surface area contributed by atoms with E-state index in [9.17, 15) is 0 Å². The first-order valence-corrected chi connectivity index (χ1v) is 10.6. The summed E-state index contributed by atoms with van der Waals surface area (Å²) in [5.74, 6) is 1.98. The van der Waals surface area contributed by atoms with E-state index in [1.165, 1.54) is 34.0 Å². The van der Waals surface area contributed by atoms with E-state index < -0.39 is 0 Å². The third kappa shape index (κ3) is 3.66. The summed E-state index contributed by atoms with van der Waals surface area (Å²) in [5, 5.41) is 7.29. The van der Waals surface area contributed by atoms with Gasteiger partial charge < -0.3 is 14.2 Å². The van der Waals surface area contributed by atoms with Gasteiger partial charge in [-0.2, -0.15) is 0 Å². The van der Waals surface area contributed by atoms with Gasteiger partial charge in [-0.15, -0.1) is 0 Å². The number of nitrogens with zero attached hydrogens (tertiary/aromatic N) is 3. The molecule has 138 valence electrons. The maximum atomic E-state index is 6.07. The van der Waals surface area contributed by atoms with Crippen molar-refractivity contribution in [2.45, 2.75) is 20.8 Å². The Bertz CT molecular complexity index is 875. The number of rotatable bonds is 6. The van der Waals surface area contributed by atoms with Crippen molar-refractivity contribution in [1.29, 1.82) is 0 Å². The highest BCUT2D eigenvalue weighted by Crippen LogP contribution is 2.47. The van der Waals surface area contributed by atoms with Crippen LogP contribution in [0.25, 0.3) is 0 Å². The SMILES string of the molecule is Cc1c(Oc2nccs2)c(C)c(Oc2nccs2)c(C)c1Oc1nccs1. The Balaban J connectivity index is 1.83. The quantitative estimate of drug-likeness (QED) is 0.364. The van der Waals surface area contributed by atoms with Crippen LogP contribution in [0, 0.1) is 20.8 Å². The molecular weight excluding hydrogens is 402 g/mol. The van der Waals surface area contributed by atoms with Crippen LogP contribution >= 0.6 is 34.0 Å². The fraction of sp³-hybridized carbons (Fsp3) is 0.167. The molecule has 4 aromatic rings. The lowest BCUT2D eigenvalue weighted by atomic mass is 10.0. The summed E-state index contributed by atoms with van der Waals surface area (Å²) in [4.78, 5) is 12.7. The van der Waals surface area contributed by atoms with Crippen molar-refractivity contribution >= 4 is 34.0 Å². The predicted molar refractivity (Wildman–Crippen MR) is 107 cm³/mol. The van der Waals surface area contributed by atoms with Gasteiger partial charge in [0.05, 0.1) is 0 Å². The summed E-state index contributed by atoms with van der Waals surface area (Å²) in [7, 11) is 0. The van der Waals surface area contributed by atoms with Crippen LogP contribution in [0.15, 0.2) is 34.7 Å². The first kappa shape index (κ1) is 17.9. The van der Waals surface area contributed by atoms with Crippen molar-refractivity contribution in [2.75, 3.05) is 0 Å². The highest BCUT2D eigenvalue weighted by Gasteiger charge is 2.23. The van der Waals surface area contributed by atoms with E-state index in [1.807, 2.05) is 36.9 Å². The molecule has 0 aliphatic heterocycles. The average molecular weight is 418 g/mol. The molecule has 0 fully saturated rings. The number of benzene rings is 1. The van der Waals surface area contributed by atoms with E-state index in [2.05, 4.69) is 15.0 Å². The standard InChI is InChI=1S/C18H15N3O3S3/c1-10-13(22-16-19-4-7-25-16)11(2)15(24-18-21-6-9-27-18)12(3)14(10)23-17-20-5-8-26-17/h4-9H,1-3H3. The molecule has 0 N–H and O–H groups in total. The van der Waals surface area contributed by atoms with Crippen LogP contribution < -0.4 is 14.2 Å². The van der Waals surface area contributed by atoms with Crippen LogP contribution in [0.2, 0.25) is 0 Å². The van der Waals surface area contributed by atoms with E-state index in [1.54, 1.807) is 18.6 Å². The van der Waals surface area contributed by atoms with Crippen LogP contribution in [0.4, 0.5) is 0 Å². The maximum absolute atomic E-state index is 6.07. The second-order valence-electron chi connectivity index (χ2n) is 5.56. The van der Waals surface area contributed by atoms with Gasteiger partial charge in [0.25, 0.3) is 15.6 Å². The van der Waals surface area contributed by atoms with Gasteiger partial charge in [-0.05, 0) is 20.8 Å². The second kappa shape index (κ2) is 7.63. The van der Waals surface area contributed by atoms with Gasteiger partial charge in [-0.25, -0.2) is 15.0 Å². The molecule has 0 amide bonds. The van der Waals surface area contributed by atoms with Crippen molar-refractivity contribution in [3.63, 3.8) is 0 Å². The van der Waals surface area contributed by atoms with E-state index in [-0.39, 0.29) is 0 Å². The van der Waals surface area contributed by atoms with Crippen molar-refractivity contribution in [2.24, 2.45) is 0 Å². The number of aromatic nitrogens is 3. The Morgan fingerprint density at radius 2 is 0.852 bits per heavy atom. The molecule has 4 rings (SSSR count). The van der Waals surface area contributed by atoms with Crippen molar-refractivity contribution in [3.8, 4) is 32.8 Å². The van der Waals surface area contributed by atoms with Gasteiger partial charge in [-0.3, -0.25) is 0 Å². The van der Waals surface area contributed by atoms with Gasteiger partial charge >= 0.3 is 0 Å². The first-order chi connectivity index (χ1) is 13.1. The number of hydrogen-bond acceptors (Lipinski definition) is 9. The maximum Gasteiger partial charge on any atom is 0.278 e. The first-order valence-electron chi connectivity index (χ1n) is 7.99. The van der Waals surface area contributed by atoms with Gasteiger partial charge in [0.1, 0.15) is 17.2 Å². The molecular formula is C18H15N3O3S3. The average Bonchev–Trinajstić information content (AvgIpc) is 3.43. The number of hydrogen-bond donors (Lipinski definition) is 0. The fourth-order valence-electron chi connectivity index (χ4n) is 2.66. The second-order valence-corrected chi connectivity index (χ2v) is 8.13. The zero-order valence-electron chi connectivity index (χ0n) is 14.8. The summed E-state index contributed by atoms with van der Waals surface area (Å²) >= 11 is 4.28. The Hall–Kier alpha value is -2.49. The molecule has 3 heterocycles. The van der Waals surface area contributed by atoms with Gasteiger partial charge in [0.15, 0.2) is 0 Å². The molecule has 0 radical (unpaired) electrons. The molecule has 0 spiro atoms. The number of thiazole rings is 3. The fourth-order valence-corrected chi connectivity index (χ4v) is 4.13. The minimum Gasteiger partial charge on any atom is -0.430 e. The topological polar surface area (TPSA) is 66.4 Å². The molecule has 3 aromatic heterocycles. The van der Waals surface area contributed by atoms with E-state index in [0.717, 1.165) is 16.7 Å². The zero-order chi connectivity index (χ0) is 18.8. The monoisotopic (exact) mass is 417 g/mol. The number of ether oxygens (including phenoxy) is 3. The molecule has 0 unspecified atom stereocenters. The zero-order valence-corrected chi connectivity index (χ0v) is 17.2. The van der Waals surface area contributed by atoms with Crippen molar-refractivity contribution < 1.29 is 14.2 Å². The molecule has 1 aromatic carbocycles. The molecule has 0 aliphatic carbocycles. The van der Waals surface area contributed by atoms with E-state index in [0.29, 0.717) is 32.8 Å². The highest BCUT2D eigenvalue weighted by atomic mass is 32.1. The molecule has 0 atom stereocenters. The van der Waals surface area contributed by atoms with Crippen LogP contribution in [0.3, 0.4) is 0 Å². The summed E-state index contributed by atoms with van der Waals surface area (Å²) < 4.78 is 18.2. The smallest absolute Gasteiger partial charge is 0.278 e. The molecule has 27 heavy (non-hydrogen) atoms. The Kier molecular flexibility index (Phi) is 5.06. The van der Waals surface area contributed by atoms with Crippen molar-refractivity contribution in [1.82, 2.24) is 15.0 Å². The summed E-state index contributed by atoms with van der Waals surface area (Å²) in [6.45, 7) is 5.87. The van der Waals surface area contributed by atoms with Crippen molar-refractivity contribution in [3.05, 3.63) is 51.4 Å². The minimum absolute atomic E-state index is 0.561. The van der Waals surface area contributed by atoms with Gasteiger partial charge in [-0.1, -0.05) is 34.0 Å². The molecule has 9 heteroatoms. The van der Waals surface area contributed by atoms with Crippen LogP contribution in [0.5, 0.6) is 32.8 Å². The lowest BCUT2D eigenvalue weighted by Gasteiger charge is -2.20. The third-order valence-corrected chi connectivity index (χ3v) is 5.79. The Labute approximate surface area is 168 Å². The summed E-state index contributed by atoms with van der Waals surface area (Å²) in [6.07, 6.45) is 5.12. The van der Waals surface area contributed by atoms with Crippen LogP contribution in [-0.2, 0) is 0 Å². The van der Waals surface area contributed by atoms with Gasteiger partial charge in [0, 0.05) is 51.4 Å². The van der Waals surface area contributed by atoms with E-state index in [4.69, 9.17) is 14.2 Å². The Morgan fingerprint density at radius 3 is 1.07 bits per heavy atom. The van der Waals surface area contributed by atoms with E-state index >= 15 is 0 Å². The Morgan fingerprint density at radius 1 is 0.556 bits per heavy atom. The summed E-state index contributed by atoms with van der Waals surface area (Å²) in [6, 6.07) is 0. The molecule has 0 aliphatic rings. The van der Waals surface area contributed by atoms with Gasteiger partial charge in [0.2, 0.25) is 0 Å². The van der Waals surface area contributed by atoms with Crippen LogP contribution in [0.1, 0.15) is 16.7 Å². The largest absolute Gasteiger partial charge is 0.430 e. The predicted octanol–water partition coefficient (Wildman–Crippen LogP) is 6.36. The lowest BCUT2D eigenvalue weighted by molar-refractivity contribution is 0.422. The lowest BCUT2D eigenvalue weighted by Crippen LogP contribution is -2.01.